The van der Waals surface area contributed by atoms with Crippen LogP contribution in [0.3, 0.4) is 0 Å². The van der Waals surface area contributed by atoms with Gasteiger partial charge in [0.15, 0.2) is 0 Å². The van der Waals surface area contributed by atoms with Gasteiger partial charge >= 0.3 is 7.12 Å². The third-order valence-electron chi connectivity index (χ3n) is 5.49. The summed E-state index contributed by atoms with van der Waals surface area (Å²) in [6.45, 7) is 12.7. The van der Waals surface area contributed by atoms with Crippen molar-refractivity contribution in [2.75, 3.05) is 26.2 Å². The van der Waals surface area contributed by atoms with E-state index in [-0.39, 0.29) is 30.7 Å². The molecular formula is C19H31BClNO3. The van der Waals surface area contributed by atoms with E-state index in [0.717, 1.165) is 30.8 Å². The molecule has 2 aliphatic heterocycles. The number of hydrogen-bond acceptors (Lipinski definition) is 4. The molecule has 2 heterocycles. The quantitative estimate of drug-likeness (QED) is 0.570. The first-order valence-corrected chi connectivity index (χ1v) is 9.18. The van der Waals surface area contributed by atoms with Crippen molar-refractivity contribution in [2.24, 2.45) is 0 Å². The van der Waals surface area contributed by atoms with Crippen LogP contribution in [-0.2, 0) is 9.31 Å². The number of benzene rings is 1. The van der Waals surface area contributed by atoms with Crippen molar-refractivity contribution < 1.29 is 14.0 Å². The van der Waals surface area contributed by atoms with Gasteiger partial charge in [-0.05, 0) is 77.6 Å². The number of nitrogens with zero attached hydrogens (tertiary/aromatic N) is 1. The van der Waals surface area contributed by atoms with Gasteiger partial charge in [0.2, 0.25) is 0 Å². The van der Waals surface area contributed by atoms with Crippen molar-refractivity contribution in [3.05, 3.63) is 24.3 Å². The fraction of sp³-hybridized carbons (Fsp3) is 0.684. The molecule has 4 nitrogen and oxygen atoms in total. The molecule has 0 amide bonds. The highest BCUT2D eigenvalue weighted by Crippen LogP contribution is 2.36. The minimum absolute atomic E-state index is 0. The van der Waals surface area contributed by atoms with E-state index in [9.17, 15) is 0 Å². The molecule has 0 saturated carbocycles. The van der Waals surface area contributed by atoms with Crippen molar-refractivity contribution in [2.45, 2.75) is 58.2 Å². The minimum Gasteiger partial charge on any atom is -0.494 e. The summed E-state index contributed by atoms with van der Waals surface area (Å²) in [4.78, 5) is 2.52. The molecule has 0 aliphatic carbocycles. The standard InChI is InChI=1S/C19H30BNO3.ClH/c1-18(2)19(3,4)24-20(23-18)16-8-10-17(11-9-16)22-15-7-14-21-12-5-6-13-21;/h8-11H,5-7,12-15H2,1-4H3;1H. The van der Waals surface area contributed by atoms with Crippen molar-refractivity contribution >= 4 is 25.0 Å². The van der Waals surface area contributed by atoms with Crippen molar-refractivity contribution in [1.29, 1.82) is 0 Å². The van der Waals surface area contributed by atoms with E-state index in [1.165, 1.54) is 25.9 Å². The molecule has 25 heavy (non-hydrogen) atoms. The molecule has 0 atom stereocenters. The van der Waals surface area contributed by atoms with E-state index in [2.05, 4.69) is 32.6 Å². The molecule has 0 N–H and O–H groups in total. The lowest BCUT2D eigenvalue weighted by Crippen LogP contribution is -2.41. The Hall–Kier alpha value is -0.745. The van der Waals surface area contributed by atoms with Gasteiger partial charge in [0.05, 0.1) is 17.8 Å². The molecule has 140 valence electrons. The molecule has 0 radical (unpaired) electrons. The van der Waals surface area contributed by atoms with Crippen LogP contribution in [0.4, 0.5) is 0 Å². The highest BCUT2D eigenvalue weighted by atomic mass is 35.5. The topological polar surface area (TPSA) is 30.9 Å². The zero-order chi connectivity index (χ0) is 17.2. The van der Waals surface area contributed by atoms with E-state index in [1.54, 1.807) is 0 Å². The predicted octanol–water partition coefficient (Wildman–Crippen LogP) is 3.27. The summed E-state index contributed by atoms with van der Waals surface area (Å²) < 4.78 is 18.0. The van der Waals surface area contributed by atoms with Gasteiger partial charge in [0, 0.05) is 6.54 Å². The third kappa shape index (κ3) is 4.91. The fourth-order valence-corrected chi connectivity index (χ4v) is 3.18. The molecule has 6 heteroatoms. The van der Waals surface area contributed by atoms with Crippen molar-refractivity contribution in [1.82, 2.24) is 4.90 Å². The summed E-state index contributed by atoms with van der Waals surface area (Å²) in [5.74, 6) is 0.914. The Balaban J connectivity index is 0.00000225. The average Bonchev–Trinajstić information content (AvgIpc) is 3.11. The summed E-state index contributed by atoms with van der Waals surface area (Å²) >= 11 is 0. The third-order valence-corrected chi connectivity index (χ3v) is 5.49. The van der Waals surface area contributed by atoms with Crippen LogP contribution in [0.15, 0.2) is 24.3 Å². The first-order chi connectivity index (χ1) is 11.4. The maximum absolute atomic E-state index is 6.08. The van der Waals surface area contributed by atoms with Crippen molar-refractivity contribution in [3.63, 3.8) is 0 Å². The maximum Gasteiger partial charge on any atom is 0.494 e. The summed E-state index contributed by atoms with van der Waals surface area (Å²) in [5, 5.41) is 0. The molecule has 3 rings (SSSR count). The Morgan fingerprint density at radius 3 is 2.12 bits per heavy atom. The van der Waals surface area contributed by atoms with E-state index in [4.69, 9.17) is 14.0 Å². The molecule has 0 aromatic heterocycles. The van der Waals surface area contributed by atoms with Gasteiger partial charge in [-0.3, -0.25) is 0 Å². The monoisotopic (exact) mass is 367 g/mol. The first kappa shape index (κ1) is 20.6. The highest BCUT2D eigenvalue weighted by Gasteiger charge is 2.51. The molecule has 1 aromatic carbocycles. The second-order valence-electron chi connectivity index (χ2n) is 7.91. The van der Waals surface area contributed by atoms with Crippen LogP contribution in [-0.4, -0.2) is 49.5 Å². The maximum atomic E-state index is 6.08. The molecular weight excluding hydrogens is 336 g/mol. The minimum atomic E-state index is -0.306. The zero-order valence-corrected chi connectivity index (χ0v) is 16.7. The van der Waals surface area contributed by atoms with Crippen LogP contribution >= 0.6 is 12.4 Å². The van der Waals surface area contributed by atoms with Crippen LogP contribution < -0.4 is 10.2 Å². The fourth-order valence-electron chi connectivity index (χ4n) is 3.18. The Morgan fingerprint density at radius 1 is 1.00 bits per heavy atom. The largest absolute Gasteiger partial charge is 0.494 e. The Morgan fingerprint density at radius 2 is 1.56 bits per heavy atom. The lowest BCUT2D eigenvalue weighted by Gasteiger charge is -2.32. The van der Waals surface area contributed by atoms with Crippen LogP contribution in [0, 0.1) is 0 Å². The van der Waals surface area contributed by atoms with Crippen LogP contribution in [0.25, 0.3) is 0 Å². The van der Waals surface area contributed by atoms with Gasteiger partial charge in [0.1, 0.15) is 5.75 Å². The number of rotatable bonds is 6. The second kappa shape index (κ2) is 8.30. The van der Waals surface area contributed by atoms with Gasteiger partial charge in [0.25, 0.3) is 0 Å². The lowest BCUT2D eigenvalue weighted by atomic mass is 9.79. The molecule has 2 aliphatic rings. The molecule has 2 saturated heterocycles. The Kier molecular flexibility index (Phi) is 6.83. The summed E-state index contributed by atoms with van der Waals surface area (Å²) in [6, 6.07) is 8.10. The SMILES string of the molecule is CC1(C)OB(c2ccc(OCCCN3CCCC3)cc2)OC1(C)C.Cl. The van der Waals surface area contributed by atoms with Gasteiger partial charge < -0.3 is 18.9 Å². The Labute approximate surface area is 158 Å². The molecule has 0 bridgehead atoms. The number of likely N-dealkylation sites (tertiary alicyclic amines) is 1. The predicted molar refractivity (Wildman–Crippen MR) is 105 cm³/mol. The van der Waals surface area contributed by atoms with Gasteiger partial charge in [-0.1, -0.05) is 12.1 Å². The van der Waals surface area contributed by atoms with Gasteiger partial charge in [-0.15, -0.1) is 12.4 Å². The van der Waals surface area contributed by atoms with E-state index >= 15 is 0 Å². The summed E-state index contributed by atoms with van der Waals surface area (Å²) in [7, 11) is -0.306. The molecule has 0 unspecified atom stereocenters. The van der Waals surface area contributed by atoms with Gasteiger partial charge in [-0.25, -0.2) is 0 Å². The first-order valence-electron chi connectivity index (χ1n) is 9.18. The highest BCUT2D eigenvalue weighted by molar-refractivity contribution is 6.62. The number of halogens is 1. The summed E-state index contributed by atoms with van der Waals surface area (Å²) in [6.07, 6.45) is 3.78. The average molecular weight is 368 g/mol. The van der Waals surface area contributed by atoms with E-state index in [0.29, 0.717) is 0 Å². The Bertz CT molecular complexity index is 528. The van der Waals surface area contributed by atoms with E-state index < -0.39 is 0 Å². The van der Waals surface area contributed by atoms with Crippen LogP contribution in [0.2, 0.25) is 0 Å². The zero-order valence-electron chi connectivity index (χ0n) is 15.9. The molecule has 0 spiro atoms. The van der Waals surface area contributed by atoms with Crippen molar-refractivity contribution in [3.8, 4) is 5.75 Å². The van der Waals surface area contributed by atoms with Crippen LogP contribution in [0.5, 0.6) is 5.75 Å². The second-order valence-corrected chi connectivity index (χ2v) is 7.91. The molecule has 1 aromatic rings. The molecule has 2 fully saturated rings. The number of hydrogen-bond donors (Lipinski definition) is 0. The smallest absolute Gasteiger partial charge is 0.494 e. The summed E-state index contributed by atoms with van der Waals surface area (Å²) in [5.41, 5.74) is 0.434. The van der Waals surface area contributed by atoms with E-state index in [1.807, 2.05) is 24.3 Å². The normalized spacial score (nSPS) is 22.0. The van der Waals surface area contributed by atoms with Gasteiger partial charge in [-0.2, -0.15) is 0 Å². The lowest BCUT2D eigenvalue weighted by molar-refractivity contribution is 0.00578. The van der Waals surface area contributed by atoms with Crippen LogP contribution in [0.1, 0.15) is 47.0 Å². The number of ether oxygens (including phenoxy) is 1.